The number of carbonyl (C=O) groups is 2. The molecule has 1 saturated heterocycles. The van der Waals surface area contributed by atoms with Gasteiger partial charge in [-0.05, 0) is 29.8 Å². The zero-order valence-corrected chi connectivity index (χ0v) is 12.7. The summed E-state index contributed by atoms with van der Waals surface area (Å²) in [6, 6.07) is 11.2. The van der Waals surface area contributed by atoms with E-state index in [1.54, 1.807) is 4.90 Å². The number of nitrogens with one attached hydrogen (secondary N) is 1. The van der Waals surface area contributed by atoms with Crippen molar-refractivity contribution >= 4 is 34.8 Å². The van der Waals surface area contributed by atoms with E-state index in [1.807, 2.05) is 36.4 Å². The topological polar surface area (TPSA) is 49.4 Å². The molecule has 1 N–H and O–H groups in total. The molecule has 0 bridgehead atoms. The lowest BCUT2D eigenvalue weighted by Gasteiger charge is -2.26. The van der Waals surface area contributed by atoms with E-state index >= 15 is 0 Å². The molecule has 1 aromatic heterocycles. The molecule has 1 aliphatic rings. The van der Waals surface area contributed by atoms with Gasteiger partial charge in [0.15, 0.2) is 0 Å². The van der Waals surface area contributed by atoms with Gasteiger partial charge in [0.05, 0.1) is 11.4 Å². The summed E-state index contributed by atoms with van der Waals surface area (Å²) in [7, 11) is 0. The van der Waals surface area contributed by atoms with Crippen molar-refractivity contribution in [2.75, 3.05) is 19.6 Å². The van der Waals surface area contributed by atoms with Crippen LogP contribution in [0.1, 0.15) is 9.67 Å². The summed E-state index contributed by atoms with van der Waals surface area (Å²) in [5.74, 6) is -0.195. The Hall–Kier alpha value is -1.85. The summed E-state index contributed by atoms with van der Waals surface area (Å²) < 4.78 is 0. The molecule has 1 aliphatic heterocycles. The van der Waals surface area contributed by atoms with Crippen molar-refractivity contribution in [3.05, 3.63) is 46.3 Å². The highest BCUT2D eigenvalue weighted by Gasteiger charge is 2.23. The summed E-state index contributed by atoms with van der Waals surface area (Å²) in [5.41, 5.74) is 1.03. The molecule has 0 radical (unpaired) electrons. The van der Waals surface area contributed by atoms with Gasteiger partial charge in [-0.1, -0.05) is 23.7 Å². The van der Waals surface area contributed by atoms with Crippen LogP contribution in [-0.2, 0) is 4.79 Å². The Morgan fingerprint density at radius 1 is 1.19 bits per heavy atom. The molecule has 21 heavy (non-hydrogen) atoms. The van der Waals surface area contributed by atoms with E-state index in [2.05, 4.69) is 5.32 Å². The number of amides is 2. The van der Waals surface area contributed by atoms with Gasteiger partial charge in [-0.15, -0.1) is 11.3 Å². The predicted octanol–water partition coefficient (Wildman–Crippen LogP) is 2.64. The summed E-state index contributed by atoms with van der Waals surface area (Å²) >= 11 is 7.30. The number of hydrogen-bond donors (Lipinski definition) is 1. The zero-order valence-electron chi connectivity index (χ0n) is 11.1. The Bertz CT molecular complexity index is 681. The second kappa shape index (κ2) is 5.87. The van der Waals surface area contributed by atoms with Crippen LogP contribution in [0.2, 0.25) is 5.02 Å². The second-order valence-electron chi connectivity index (χ2n) is 4.75. The maximum Gasteiger partial charge on any atom is 0.264 e. The molecule has 1 aromatic carbocycles. The SMILES string of the molecule is O=C1CN(C(=O)c2ccc(-c3ccc(Cl)cc3)s2)CCN1. The highest BCUT2D eigenvalue weighted by molar-refractivity contribution is 7.17. The van der Waals surface area contributed by atoms with Gasteiger partial charge in [-0.3, -0.25) is 9.59 Å². The summed E-state index contributed by atoms with van der Waals surface area (Å²) in [6.07, 6.45) is 0. The molecule has 0 atom stereocenters. The maximum atomic E-state index is 12.4. The third-order valence-corrected chi connectivity index (χ3v) is 4.65. The first-order chi connectivity index (χ1) is 10.1. The lowest BCUT2D eigenvalue weighted by atomic mass is 10.2. The molecule has 3 rings (SSSR count). The molecule has 0 aliphatic carbocycles. The molecule has 1 fully saturated rings. The molecule has 2 heterocycles. The molecule has 2 aromatic rings. The van der Waals surface area contributed by atoms with Gasteiger partial charge in [0.25, 0.3) is 5.91 Å². The highest BCUT2D eigenvalue weighted by Crippen LogP contribution is 2.29. The Balaban J connectivity index is 1.79. The lowest BCUT2D eigenvalue weighted by Crippen LogP contribution is -2.49. The summed E-state index contributed by atoms with van der Waals surface area (Å²) in [6.45, 7) is 1.20. The summed E-state index contributed by atoms with van der Waals surface area (Å²) in [4.78, 5) is 27.0. The molecule has 4 nitrogen and oxygen atoms in total. The van der Waals surface area contributed by atoms with Crippen molar-refractivity contribution in [1.29, 1.82) is 0 Å². The largest absolute Gasteiger partial charge is 0.353 e. The van der Waals surface area contributed by atoms with E-state index in [1.165, 1.54) is 11.3 Å². The van der Waals surface area contributed by atoms with Crippen molar-refractivity contribution in [2.45, 2.75) is 0 Å². The average Bonchev–Trinajstić information content (AvgIpc) is 2.97. The van der Waals surface area contributed by atoms with Crippen LogP contribution in [0, 0.1) is 0 Å². The lowest BCUT2D eigenvalue weighted by molar-refractivity contribution is -0.123. The fourth-order valence-electron chi connectivity index (χ4n) is 2.19. The number of rotatable bonds is 2. The van der Waals surface area contributed by atoms with Crippen LogP contribution in [-0.4, -0.2) is 36.3 Å². The molecule has 0 unspecified atom stereocenters. The molecule has 6 heteroatoms. The molecular weight excluding hydrogens is 308 g/mol. The smallest absolute Gasteiger partial charge is 0.264 e. The first-order valence-corrected chi connectivity index (χ1v) is 7.75. The Morgan fingerprint density at radius 3 is 2.67 bits per heavy atom. The van der Waals surface area contributed by atoms with E-state index < -0.39 is 0 Å². The standard InChI is InChI=1S/C15H13ClN2O2S/c16-11-3-1-10(2-4-11)12-5-6-13(21-12)15(20)18-8-7-17-14(19)9-18/h1-6H,7-9H2,(H,17,19). The second-order valence-corrected chi connectivity index (χ2v) is 6.27. The van der Waals surface area contributed by atoms with E-state index in [9.17, 15) is 9.59 Å². The van der Waals surface area contributed by atoms with E-state index in [0.29, 0.717) is 23.0 Å². The van der Waals surface area contributed by atoms with Gasteiger partial charge >= 0.3 is 0 Å². The van der Waals surface area contributed by atoms with Crippen molar-refractivity contribution in [2.24, 2.45) is 0 Å². The number of carbonyl (C=O) groups excluding carboxylic acids is 2. The van der Waals surface area contributed by atoms with Crippen molar-refractivity contribution in [3.63, 3.8) is 0 Å². The molecule has 2 amide bonds. The monoisotopic (exact) mass is 320 g/mol. The van der Waals surface area contributed by atoms with Crippen LogP contribution >= 0.6 is 22.9 Å². The first-order valence-electron chi connectivity index (χ1n) is 6.55. The van der Waals surface area contributed by atoms with E-state index in [0.717, 1.165) is 10.4 Å². The number of piperazine rings is 1. The van der Waals surface area contributed by atoms with Crippen molar-refractivity contribution in [1.82, 2.24) is 10.2 Å². The van der Waals surface area contributed by atoms with E-state index in [-0.39, 0.29) is 18.4 Å². The first kappa shape index (κ1) is 14.1. The zero-order chi connectivity index (χ0) is 14.8. The Morgan fingerprint density at radius 2 is 1.95 bits per heavy atom. The van der Waals surface area contributed by atoms with E-state index in [4.69, 9.17) is 11.6 Å². The van der Waals surface area contributed by atoms with Gasteiger partial charge in [-0.2, -0.15) is 0 Å². The van der Waals surface area contributed by atoms with Gasteiger partial charge in [0.1, 0.15) is 0 Å². The minimum atomic E-state index is -0.107. The number of nitrogens with zero attached hydrogens (tertiary/aromatic N) is 1. The fourth-order valence-corrected chi connectivity index (χ4v) is 3.30. The minimum Gasteiger partial charge on any atom is -0.353 e. The van der Waals surface area contributed by atoms with Gasteiger partial charge in [0, 0.05) is 23.0 Å². The van der Waals surface area contributed by atoms with Gasteiger partial charge < -0.3 is 10.2 Å². The molecular formula is C15H13ClN2O2S. The van der Waals surface area contributed by atoms with Crippen LogP contribution < -0.4 is 5.32 Å². The fraction of sp³-hybridized carbons (Fsp3) is 0.200. The average molecular weight is 321 g/mol. The van der Waals surface area contributed by atoms with Crippen LogP contribution in [0.5, 0.6) is 0 Å². The van der Waals surface area contributed by atoms with Crippen LogP contribution in [0.25, 0.3) is 10.4 Å². The molecule has 108 valence electrons. The van der Waals surface area contributed by atoms with Crippen LogP contribution in [0.4, 0.5) is 0 Å². The van der Waals surface area contributed by atoms with Crippen molar-refractivity contribution in [3.8, 4) is 10.4 Å². The third-order valence-electron chi connectivity index (χ3n) is 3.27. The molecule has 0 spiro atoms. The number of halogens is 1. The summed E-state index contributed by atoms with van der Waals surface area (Å²) in [5, 5.41) is 3.40. The quantitative estimate of drug-likeness (QED) is 0.924. The van der Waals surface area contributed by atoms with Crippen LogP contribution in [0.3, 0.4) is 0 Å². The van der Waals surface area contributed by atoms with Crippen molar-refractivity contribution < 1.29 is 9.59 Å². The maximum absolute atomic E-state index is 12.4. The van der Waals surface area contributed by atoms with Crippen LogP contribution in [0.15, 0.2) is 36.4 Å². The predicted molar refractivity (Wildman–Crippen MR) is 83.7 cm³/mol. The third kappa shape index (κ3) is 3.09. The number of benzene rings is 1. The Labute approximate surface area is 131 Å². The van der Waals surface area contributed by atoms with Gasteiger partial charge in [-0.25, -0.2) is 0 Å². The highest BCUT2D eigenvalue weighted by atomic mass is 35.5. The normalized spacial score (nSPS) is 14.9. The van der Waals surface area contributed by atoms with Gasteiger partial charge in [0.2, 0.25) is 5.91 Å². The Kier molecular flexibility index (Phi) is 3.94. The number of hydrogen-bond acceptors (Lipinski definition) is 3. The number of thiophene rings is 1. The molecule has 0 saturated carbocycles. The minimum absolute atomic E-state index is 0.0879.